The lowest BCUT2D eigenvalue weighted by Gasteiger charge is -2.14. The van der Waals surface area contributed by atoms with E-state index in [1.807, 2.05) is 31.2 Å². The van der Waals surface area contributed by atoms with Crippen molar-refractivity contribution in [2.24, 2.45) is 5.10 Å². The first-order valence-electron chi connectivity index (χ1n) is 12.8. The third-order valence-corrected chi connectivity index (χ3v) is 8.83. The maximum Gasteiger partial charge on any atom is 0.267 e. The molecule has 11 heteroatoms. The van der Waals surface area contributed by atoms with Gasteiger partial charge in [-0.25, -0.2) is 10.4 Å². The molecular weight excluding hydrogens is 548 g/mol. The Bertz CT molecular complexity index is 1640. The van der Waals surface area contributed by atoms with Crippen molar-refractivity contribution in [3.63, 3.8) is 0 Å². The lowest BCUT2D eigenvalue weighted by molar-refractivity contribution is -0.118. The van der Waals surface area contributed by atoms with Gasteiger partial charge in [0, 0.05) is 10.4 Å². The Labute approximate surface area is 240 Å². The standard InChI is InChI=1S/C29H30N4O5S2/c1-17-9-12-19(13-10-17)33-28(35)24-20-7-5-6-8-22(20)40-27(24)31-29(33)39-16-23(34)32-30-15-18-11-14-21(36-2)26(38-4)25(18)37-3/h9-15H,5-8,16H2,1-4H3,(H,32,34). The van der Waals surface area contributed by atoms with E-state index in [4.69, 9.17) is 19.2 Å². The normalized spacial score (nSPS) is 12.9. The van der Waals surface area contributed by atoms with E-state index < -0.39 is 0 Å². The van der Waals surface area contributed by atoms with Crippen LogP contribution in [0.15, 0.2) is 51.5 Å². The minimum absolute atomic E-state index is 0.0231. The highest BCUT2D eigenvalue weighted by Gasteiger charge is 2.23. The zero-order chi connectivity index (χ0) is 28.2. The first kappa shape index (κ1) is 27.7. The summed E-state index contributed by atoms with van der Waals surface area (Å²) in [4.78, 5) is 33.5. The molecule has 0 spiro atoms. The molecule has 0 atom stereocenters. The van der Waals surface area contributed by atoms with E-state index in [-0.39, 0.29) is 17.2 Å². The molecule has 40 heavy (non-hydrogen) atoms. The molecule has 2 aromatic carbocycles. The fourth-order valence-electron chi connectivity index (χ4n) is 4.77. The molecule has 9 nitrogen and oxygen atoms in total. The van der Waals surface area contributed by atoms with Gasteiger partial charge in [-0.2, -0.15) is 5.10 Å². The number of carbonyl (C=O) groups excluding carboxylic acids is 1. The quantitative estimate of drug-likeness (QED) is 0.130. The third-order valence-electron chi connectivity index (χ3n) is 6.71. The number of nitrogens with one attached hydrogen (secondary N) is 1. The van der Waals surface area contributed by atoms with Gasteiger partial charge in [-0.1, -0.05) is 29.5 Å². The molecule has 4 aromatic rings. The summed E-state index contributed by atoms with van der Waals surface area (Å²) in [5, 5.41) is 5.28. The summed E-state index contributed by atoms with van der Waals surface area (Å²) in [5.74, 6) is 1.08. The lowest BCUT2D eigenvalue weighted by atomic mass is 9.97. The number of amides is 1. The van der Waals surface area contributed by atoms with E-state index >= 15 is 0 Å². The summed E-state index contributed by atoms with van der Waals surface area (Å²) >= 11 is 2.80. The van der Waals surface area contributed by atoms with Crippen molar-refractivity contribution in [3.05, 3.63) is 68.3 Å². The predicted molar refractivity (Wildman–Crippen MR) is 159 cm³/mol. The topological polar surface area (TPSA) is 104 Å². The Morgan fingerprint density at radius 3 is 2.55 bits per heavy atom. The van der Waals surface area contributed by atoms with Gasteiger partial charge in [0.1, 0.15) is 4.83 Å². The number of thiophene rings is 1. The summed E-state index contributed by atoms with van der Waals surface area (Å²) in [7, 11) is 4.58. The zero-order valence-electron chi connectivity index (χ0n) is 22.8. The van der Waals surface area contributed by atoms with Gasteiger partial charge in [-0.3, -0.25) is 14.2 Å². The van der Waals surface area contributed by atoms with Gasteiger partial charge in [0.2, 0.25) is 5.75 Å². The Balaban J connectivity index is 1.39. The smallest absolute Gasteiger partial charge is 0.267 e. The molecule has 0 bridgehead atoms. The average molecular weight is 579 g/mol. The molecule has 1 amide bonds. The third kappa shape index (κ3) is 5.44. The Morgan fingerprint density at radius 1 is 1.07 bits per heavy atom. The second-order valence-corrected chi connectivity index (χ2v) is 11.3. The number of hydrogen-bond acceptors (Lipinski definition) is 9. The summed E-state index contributed by atoms with van der Waals surface area (Å²) in [5.41, 5.74) is 6.02. The van der Waals surface area contributed by atoms with Crippen LogP contribution < -0.4 is 25.2 Å². The average Bonchev–Trinajstić information content (AvgIpc) is 3.35. The van der Waals surface area contributed by atoms with Gasteiger partial charge in [0.25, 0.3) is 11.5 Å². The fraction of sp³-hybridized carbons (Fsp3) is 0.310. The lowest BCUT2D eigenvalue weighted by Crippen LogP contribution is -2.24. The van der Waals surface area contributed by atoms with E-state index in [1.165, 1.54) is 37.1 Å². The van der Waals surface area contributed by atoms with Crippen LogP contribution in [-0.2, 0) is 17.6 Å². The van der Waals surface area contributed by atoms with Gasteiger partial charge in [0.15, 0.2) is 16.7 Å². The number of hydrogen-bond donors (Lipinski definition) is 1. The maximum atomic E-state index is 13.9. The molecular formula is C29H30N4O5S2. The van der Waals surface area contributed by atoms with Crippen molar-refractivity contribution >= 4 is 45.4 Å². The fourth-order valence-corrected chi connectivity index (χ4v) is 6.87. The Kier molecular flexibility index (Phi) is 8.41. The summed E-state index contributed by atoms with van der Waals surface area (Å²) in [6.45, 7) is 2.00. The van der Waals surface area contributed by atoms with E-state index in [1.54, 1.807) is 35.1 Å². The van der Waals surface area contributed by atoms with Crippen molar-refractivity contribution in [2.45, 2.75) is 37.8 Å². The summed E-state index contributed by atoms with van der Waals surface area (Å²) in [6, 6.07) is 11.2. The van der Waals surface area contributed by atoms with E-state index in [9.17, 15) is 9.59 Å². The molecule has 0 radical (unpaired) electrons. The molecule has 1 aliphatic carbocycles. The molecule has 0 saturated heterocycles. The number of rotatable bonds is 9. The number of benzene rings is 2. The van der Waals surface area contributed by atoms with E-state index in [0.717, 1.165) is 47.3 Å². The van der Waals surface area contributed by atoms with Crippen LogP contribution in [0.2, 0.25) is 0 Å². The first-order valence-corrected chi connectivity index (χ1v) is 14.6. The number of methoxy groups -OCH3 is 3. The highest BCUT2D eigenvalue weighted by molar-refractivity contribution is 7.99. The molecule has 208 valence electrons. The number of fused-ring (bicyclic) bond motifs is 3. The Hall–Kier alpha value is -3.83. The van der Waals surface area contributed by atoms with Crippen LogP contribution >= 0.6 is 23.1 Å². The van der Waals surface area contributed by atoms with Crippen LogP contribution in [0, 0.1) is 6.92 Å². The number of nitrogens with zero attached hydrogens (tertiary/aromatic N) is 3. The molecule has 0 aliphatic heterocycles. The van der Waals surface area contributed by atoms with Crippen LogP contribution in [0.25, 0.3) is 15.9 Å². The number of hydrazone groups is 1. The SMILES string of the molecule is COc1ccc(C=NNC(=O)CSc2nc3sc4c(c3c(=O)n2-c2ccc(C)cc2)CCCC4)c(OC)c1OC. The van der Waals surface area contributed by atoms with E-state index in [2.05, 4.69) is 10.5 Å². The number of aryl methyl sites for hydroxylation is 3. The molecule has 0 fully saturated rings. The van der Waals surface area contributed by atoms with E-state index in [0.29, 0.717) is 33.4 Å². The Morgan fingerprint density at radius 2 is 1.82 bits per heavy atom. The van der Waals surface area contributed by atoms with Gasteiger partial charge in [0.05, 0.1) is 44.4 Å². The zero-order valence-corrected chi connectivity index (χ0v) is 24.4. The second-order valence-electron chi connectivity index (χ2n) is 9.27. The van der Waals surface area contributed by atoms with Crippen LogP contribution in [0.3, 0.4) is 0 Å². The van der Waals surface area contributed by atoms with Crippen molar-refractivity contribution in [1.29, 1.82) is 0 Å². The minimum Gasteiger partial charge on any atom is -0.493 e. The van der Waals surface area contributed by atoms with Gasteiger partial charge in [-0.05, 0) is 62.4 Å². The van der Waals surface area contributed by atoms with Gasteiger partial charge >= 0.3 is 0 Å². The second kappa shape index (κ2) is 12.1. The number of aromatic nitrogens is 2. The molecule has 5 rings (SSSR count). The summed E-state index contributed by atoms with van der Waals surface area (Å²) < 4.78 is 17.8. The molecule has 1 aliphatic rings. The minimum atomic E-state index is -0.337. The van der Waals surface area contributed by atoms with Gasteiger partial charge in [-0.15, -0.1) is 11.3 Å². The molecule has 2 heterocycles. The number of thioether (sulfide) groups is 1. The molecule has 2 aromatic heterocycles. The van der Waals surface area contributed by atoms with Crippen molar-refractivity contribution in [2.75, 3.05) is 27.1 Å². The largest absolute Gasteiger partial charge is 0.493 e. The van der Waals surface area contributed by atoms with Crippen LogP contribution in [-0.4, -0.2) is 48.8 Å². The highest BCUT2D eigenvalue weighted by atomic mass is 32.2. The van der Waals surface area contributed by atoms with Gasteiger partial charge < -0.3 is 14.2 Å². The molecule has 0 unspecified atom stereocenters. The van der Waals surface area contributed by atoms with Crippen LogP contribution in [0.5, 0.6) is 17.2 Å². The van der Waals surface area contributed by atoms with Crippen molar-refractivity contribution in [3.8, 4) is 22.9 Å². The number of ether oxygens (including phenoxy) is 3. The van der Waals surface area contributed by atoms with Crippen molar-refractivity contribution in [1.82, 2.24) is 15.0 Å². The maximum absolute atomic E-state index is 13.9. The van der Waals surface area contributed by atoms with Crippen LogP contribution in [0.1, 0.15) is 34.4 Å². The first-order chi connectivity index (χ1) is 19.4. The van der Waals surface area contributed by atoms with Crippen LogP contribution in [0.4, 0.5) is 0 Å². The molecule has 1 N–H and O–H groups in total. The monoisotopic (exact) mass is 578 g/mol. The number of carbonyl (C=O) groups is 1. The molecule has 0 saturated carbocycles. The summed E-state index contributed by atoms with van der Waals surface area (Å²) in [6.07, 6.45) is 5.57. The predicted octanol–water partition coefficient (Wildman–Crippen LogP) is 4.90. The van der Waals surface area contributed by atoms with Crippen molar-refractivity contribution < 1.29 is 19.0 Å². The highest BCUT2D eigenvalue weighted by Crippen LogP contribution is 2.39.